The molecule has 2 rings (SSSR count). The Morgan fingerprint density at radius 2 is 1.77 bits per heavy atom. The number of halogens is 2. The van der Waals surface area contributed by atoms with Gasteiger partial charge in [0.25, 0.3) is 5.56 Å². The number of carbonyl (C=O) groups is 2. The third-order valence-corrected chi connectivity index (χ3v) is 4.69. The number of aromatic nitrogens is 1. The lowest BCUT2D eigenvalue weighted by molar-refractivity contribution is 0.0695. The van der Waals surface area contributed by atoms with Crippen LogP contribution in [0.2, 0.25) is 5.02 Å². The molecule has 7 nitrogen and oxygen atoms in total. The van der Waals surface area contributed by atoms with Crippen molar-refractivity contribution >= 4 is 51.9 Å². The fraction of sp³-hybridized carbons (Fsp3) is 0. The fourth-order valence-electron chi connectivity index (χ4n) is 2.01. The van der Waals surface area contributed by atoms with E-state index >= 15 is 0 Å². The fourth-order valence-corrected chi connectivity index (χ4v) is 2.82. The maximum atomic E-state index is 11.9. The molecule has 0 radical (unpaired) electrons. The van der Waals surface area contributed by atoms with Crippen LogP contribution in [0.1, 0.15) is 20.7 Å². The van der Waals surface area contributed by atoms with Crippen molar-refractivity contribution in [2.75, 3.05) is 5.73 Å². The Balaban J connectivity index is 3.06. The van der Waals surface area contributed by atoms with Gasteiger partial charge in [0.1, 0.15) is 16.9 Å². The van der Waals surface area contributed by atoms with Crippen molar-refractivity contribution in [1.29, 1.82) is 0 Å². The first-order chi connectivity index (χ1) is 10.3. The summed E-state index contributed by atoms with van der Waals surface area (Å²) in [6, 6.07) is 4.56. The van der Waals surface area contributed by atoms with E-state index in [1.807, 2.05) is 27.6 Å². The molecule has 22 heavy (non-hydrogen) atoms. The Kier molecular flexibility index (Phi) is 4.42. The number of aromatic amines is 1. The summed E-state index contributed by atoms with van der Waals surface area (Å²) in [7, 11) is 0. The lowest BCUT2D eigenvalue weighted by atomic mass is 9.95. The van der Waals surface area contributed by atoms with E-state index in [4.69, 9.17) is 17.3 Å². The second kappa shape index (κ2) is 5.97. The summed E-state index contributed by atoms with van der Waals surface area (Å²) in [5.41, 5.74) is 3.32. The van der Waals surface area contributed by atoms with Crippen molar-refractivity contribution in [3.05, 3.63) is 48.3 Å². The molecule has 1 aromatic carbocycles. The average molecular weight is 435 g/mol. The van der Waals surface area contributed by atoms with Gasteiger partial charge in [-0.1, -0.05) is 23.7 Å². The van der Waals surface area contributed by atoms with Crippen molar-refractivity contribution in [1.82, 2.24) is 4.98 Å². The third kappa shape index (κ3) is 2.66. The molecule has 0 unspecified atom stereocenters. The monoisotopic (exact) mass is 434 g/mol. The zero-order valence-corrected chi connectivity index (χ0v) is 13.6. The minimum atomic E-state index is -1.56. The van der Waals surface area contributed by atoms with Gasteiger partial charge in [-0.3, -0.25) is 4.79 Å². The maximum absolute atomic E-state index is 11.9. The lowest BCUT2D eigenvalue weighted by Gasteiger charge is -2.14. The number of pyridine rings is 1. The van der Waals surface area contributed by atoms with Gasteiger partial charge < -0.3 is 20.9 Å². The molecule has 5 N–H and O–H groups in total. The predicted octanol–water partition coefficient (Wildman–Crippen LogP) is 2.28. The van der Waals surface area contributed by atoms with Crippen LogP contribution in [0.4, 0.5) is 5.82 Å². The summed E-state index contributed by atoms with van der Waals surface area (Å²) in [6.45, 7) is 0. The molecule has 0 bridgehead atoms. The number of aromatic carboxylic acids is 2. The van der Waals surface area contributed by atoms with Crippen LogP contribution < -0.4 is 11.3 Å². The molecular formula is C13H8ClIN2O5. The minimum Gasteiger partial charge on any atom is -0.478 e. The maximum Gasteiger partial charge on any atom is 0.342 e. The molecule has 2 aromatic rings. The highest BCUT2D eigenvalue weighted by Crippen LogP contribution is 2.35. The van der Waals surface area contributed by atoms with Crippen molar-refractivity contribution < 1.29 is 19.8 Å². The molecule has 0 amide bonds. The summed E-state index contributed by atoms with van der Waals surface area (Å²) in [4.78, 5) is 36.8. The molecule has 1 aromatic heterocycles. The van der Waals surface area contributed by atoms with Crippen LogP contribution >= 0.6 is 34.2 Å². The number of hydrogen-bond donors (Lipinski definition) is 4. The highest BCUT2D eigenvalue weighted by atomic mass is 127. The number of rotatable bonds is 3. The molecule has 1 heterocycles. The van der Waals surface area contributed by atoms with E-state index in [0.29, 0.717) is 8.59 Å². The van der Waals surface area contributed by atoms with Crippen LogP contribution in [0, 0.1) is 3.57 Å². The second-order valence-corrected chi connectivity index (χ2v) is 5.69. The number of carboxylic acid groups (broad SMARTS) is 2. The molecule has 0 aliphatic rings. The van der Waals surface area contributed by atoms with Crippen molar-refractivity contribution in [2.45, 2.75) is 0 Å². The van der Waals surface area contributed by atoms with Gasteiger partial charge in [-0.15, -0.1) is 0 Å². The SMILES string of the molecule is Nc1[nH]c(=O)c(C(=O)O)c(-c2cccc(Cl)c2I)c1C(=O)O. The summed E-state index contributed by atoms with van der Waals surface area (Å²) in [6.07, 6.45) is 0. The van der Waals surface area contributed by atoms with Crippen LogP contribution in [-0.2, 0) is 0 Å². The quantitative estimate of drug-likeness (QED) is 0.548. The highest BCUT2D eigenvalue weighted by Gasteiger charge is 2.27. The second-order valence-electron chi connectivity index (χ2n) is 4.20. The zero-order chi connectivity index (χ0) is 16.6. The van der Waals surface area contributed by atoms with E-state index in [-0.39, 0.29) is 11.1 Å². The first kappa shape index (κ1) is 16.3. The predicted molar refractivity (Wildman–Crippen MR) is 88.6 cm³/mol. The Bertz CT molecular complexity index is 862. The van der Waals surface area contributed by atoms with Gasteiger partial charge in [-0.05, 0) is 34.2 Å². The third-order valence-electron chi connectivity index (χ3n) is 2.89. The molecule has 0 saturated heterocycles. The van der Waals surface area contributed by atoms with Crippen LogP contribution in [-0.4, -0.2) is 27.1 Å². The van der Waals surface area contributed by atoms with E-state index in [0.717, 1.165) is 0 Å². The van der Waals surface area contributed by atoms with E-state index in [2.05, 4.69) is 0 Å². The number of benzene rings is 1. The normalized spacial score (nSPS) is 10.5. The van der Waals surface area contributed by atoms with Gasteiger partial charge in [0.05, 0.1) is 5.02 Å². The Labute approximate surface area is 141 Å². The van der Waals surface area contributed by atoms with Crippen molar-refractivity contribution in [3.8, 4) is 11.1 Å². The molecular weight excluding hydrogens is 427 g/mol. The first-order valence-electron chi connectivity index (χ1n) is 5.72. The molecule has 114 valence electrons. The van der Waals surface area contributed by atoms with E-state index < -0.39 is 34.4 Å². The highest BCUT2D eigenvalue weighted by molar-refractivity contribution is 14.1. The molecule has 0 fully saturated rings. The Morgan fingerprint density at radius 3 is 2.32 bits per heavy atom. The number of carboxylic acids is 2. The van der Waals surface area contributed by atoms with E-state index in [1.165, 1.54) is 12.1 Å². The largest absolute Gasteiger partial charge is 0.478 e. The van der Waals surface area contributed by atoms with Gasteiger partial charge in [0.15, 0.2) is 0 Å². The lowest BCUT2D eigenvalue weighted by Crippen LogP contribution is -2.24. The molecule has 0 saturated carbocycles. The molecule has 9 heteroatoms. The summed E-state index contributed by atoms with van der Waals surface area (Å²) < 4.78 is 0.414. The van der Waals surface area contributed by atoms with Crippen LogP contribution in [0.15, 0.2) is 23.0 Å². The van der Waals surface area contributed by atoms with E-state index in [9.17, 15) is 24.6 Å². The summed E-state index contributed by atoms with van der Waals surface area (Å²) in [5.74, 6) is -3.44. The number of nitrogen functional groups attached to an aromatic ring is 1. The molecule has 0 spiro atoms. The number of hydrogen-bond acceptors (Lipinski definition) is 4. The van der Waals surface area contributed by atoms with Gasteiger partial charge >= 0.3 is 11.9 Å². The first-order valence-corrected chi connectivity index (χ1v) is 7.18. The van der Waals surface area contributed by atoms with Gasteiger partial charge in [0.2, 0.25) is 0 Å². The van der Waals surface area contributed by atoms with Gasteiger partial charge in [0, 0.05) is 9.13 Å². The Morgan fingerprint density at radius 1 is 1.18 bits per heavy atom. The summed E-state index contributed by atoms with van der Waals surface area (Å²) >= 11 is 7.83. The van der Waals surface area contributed by atoms with Gasteiger partial charge in [-0.2, -0.15) is 0 Å². The van der Waals surface area contributed by atoms with Crippen molar-refractivity contribution in [2.24, 2.45) is 0 Å². The standard InChI is InChI=1S/C13H8ClIN2O5/c14-5-3-1-2-4(9(5)15)6-7(12(19)20)10(16)17-11(18)8(6)13(21)22/h1-3H,(H,19,20)(H,21,22)(H3,16,17,18). The molecule has 0 aliphatic heterocycles. The van der Waals surface area contributed by atoms with Crippen LogP contribution in [0.3, 0.4) is 0 Å². The van der Waals surface area contributed by atoms with Crippen LogP contribution in [0.25, 0.3) is 11.1 Å². The molecule has 0 atom stereocenters. The smallest absolute Gasteiger partial charge is 0.342 e. The number of nitrogens with one attached hydrogen (secondary N) is 1. The number of nitrogens with two attached hydrogens (primary N) is 1. The van der Waals surface area contributed by atoms with E-state index in [1.54, 1.807) is 6.07 Å². The zero-order valence-electron chi connectivity index (χ0n) is 10.7. The topological polar surface area (TPSA) is 133 Å². The average Bonchev–Trinajstić information content (AvgIpc) is 2.39. The number of anilines is 1. The number of H-pyrrole nitrogens is 1. The minimum absolute atomic E-state index is 0.209. The summed E-state index contributed by atoms with van der Waals surface area (Å²) in [5, 5.41) is 18.9. The molecule has 0 aliphatic carbocycles. The van der Waals surface area contributed by atoms with Crippen molar-refractivity contribution in [3.63, 3.8) is 0 Å². The van der Waals surface area contributed by atoms with Crippen LogP contribution in [0.5, 0.6) is 0 Å². The Hall–Kier alpha value is -2.07. The van der Waals surface area contributed by atoms with Gasteiger partial charge in [-0.25, -0.2) is 9.59 Å².